The summed E-state index contributed by atoms with van der Waals surface area (Å²) in [5, 5.41) is 0. The predicted octanol–water partition coefficient (Wildman–Crippen LogP) is 3.65. The second-order valence-corrected chi connectivity index (χ2v) is 6.30. The highest BCUT2D eigenvalue weighted by Crippen LogP contribution is 2.19. The highest BCUT2D eigenvalue weighted by Gasteiger charge is 2.23. The van der Waals surface area contributed by atoms with Crippen molar-refractivity contribution in [1.29, 1.82) is 0 Å². The summed E-state index contributed by atoms with van der Waals surface area (Å²) >= 11 is 0. The Labute approximate surface area is 149 Å². The second kappa shape index (κ2) is 9.84. The third-order valence-electron chi connectivity index (χ3n) is 3.04. The number of esters is 1. The first-order valence-corrected chi connectivity index (χ1v) is 8.21. The summed E-state index contributed by atoms with van der Waals surface area (Å²) in [6.07, 6.45) is 2.60. The summed E-state index contributed by atoms with van der Waals surface area (Å²) in [6, 6.07) is 7.22. The molecule has 0 N–H and O–H groups in total. The van der Waals surface area contributed by atoms with Crippen molar-refractivity contribution in [1.82, 2.24) is 0 Å². The molecule has 0 heterocycles. The topological polar surface area (TPSA) is 65.1 Å². The van der Waals surface area contributed by atoms with Crippen LogP contribution in [0.15, 0.2) is 30.3 Å². The van der Waals surface area contributed by atoms with Crippen molar-refractivity contribution in [2.45, 2.75) is 33.3 Å². The Morgan fingerprint density at radius 1 is 1.16 bits per heavy atom. The van der Waals surface area contributed by atoms with Gasteiger partial charge in [0.05, 0.1) is 19.8 Å². The molecule has 0 spiro atoms. The molecule has 1 rings (SSSR count). The van der Waals surface area contributed by atoms with Gasteiger partial charge in [-0.05, 0) is 51.5 Å². The van der Waals surface area contributed by atoms with Crippen molar-refractivity contribution in [3.05, 3.63) is 35.9 Å². The van der Waals surface area contributed by atoms with Gasteiger partial charge in [-0.1, -0.05) is 12.1 Å². The minimum atomic E-state index is -0.579. The summed E-state index contributed by atoms with van der Waals surface area (Å²) < 4.78 is 15.4. The molecule has 138 valence electrons. The largest absolute Gasteiger partial charge is 0.463 e. The number of nitrogens with zero attached hydrogens (tertiary/aromatic N) is 1. The zero-order valence-corrected chi connectivity index (χ0v) is 15.6. The predicted molar refractivity (Wildman–Crippen MR) is 97.6 cm³/mol. The van der Waals surface area contributed by atoms with Crippen molar-refractivity contribution < 1.29 is 23.8 Å². The molecule has 0 fully saturated rings. The van der Waals surface area contributed by atoms with Gasteiger partial charge < -0.3 is 14.2 Å². The van der Waals surface area contributed by atoms with E-state index in [-0.39, 0.29) is 5.97 Å². The normalized spacial score (nSPS) is 11.4. The van der Waals surface area contributed by atoms with Crippen LogP contribution < -0.4 is 4.90 Å². The first kappa shape index (κ1) is 20.7. The maximum atomic E-state index is 12.4. The molecule has 1 aromatic carbocycles. The molecule has 6 nitrogen and oxygen atoms in total. The third kappa shape index (κ3) is 7.85. The highest BCUT2D eigenvalue weighted by atomic mass is 16.6. The van der Waals surface area contributed by atoms with Gasteiger partial charge in [-0.25, -0.2) is 9.59 Å². The van der Waals surface area contributed by atoms with E-state index < -0.39 is 11.7 Å². The fourth-order valence-corrected chi connectivity index (χ4v) is 1.95. The van der Waals surface area contributed by atoms with Crippen LogP contribution >= 0.6 is 0 Å². The van der Waals surface area contributed by atoms with Gasteiger partial charge in [0.2, 0.25) is 0 Å². The molecule has 25 heavy (non-hydrogen) atoms. The zero-order valence-electron chi connectivity index (χ0n) is 15.6. The number of amides is 1. The lowest BCUT2D eigenvalue weighted by molar-refractivity contribution is -0.137. The molecule has 6 heteroatoms. The Hall–Kier alpha value is -2.34. The molecule has 0 aliphatic rings. The first-order valence-electron chi connectivity index (χ1n) is 8.21. The van der Waals surface area contributed by atoms with Gasteiger partial charge in [0.15, 0.2) is 0 Å². The molecule has 1 aromatic rings. The summed E-state index contributed by atoms with van der Waals surface area (Å²) in [4.78, 5) is 25.3. The first-order chi connectivity index (χ1) is 11.8. The summed E-state index contributed by atoms with van der Waals surface area (Å²) in [5.41, 5.74) is 0.942. The molecular weight excluding hydrogens is 322 g/mol. The van der Waals surface area contributed by atoms with Crippen LogP contribution in [0.4, 0.5) is 10.5 Å². The van der Waals surface area contributed by atoms with E-state index in [4.69, 9.17) is 14.2 Å². The Balaban J connectivity index is 2.88. The maximum Gasteiger partial charge on any atom is 0.414 e. The van der Waals surface area contributed by atoms with Crippen molar-refractivity contribution in [3.63, 3.8) is 0 Å². The Kier molecular flexibility index (Phi) is 8.15. The SMILES string of the molecule is CCOC(=O)/C=C/c1ccc(N(CCOC)C(=O)OC(C)(C)C)cc1. The Bertz CT molecular complexity index is 587. The number of carbonyl (C=O) groups is 2. The molecule has 0 aliphatic heterocycles. The second-order valence-electron chi connectivity index (χ2n) is 6.30. The zero-order chi connectivity index (χ0) is 18.9. The molecule has 0 bridgehead atoms. The van der Waals surface area contributed by atoms with Crippen LogP contribution in [-0.2, 0) is 19.0 Å². The van der Waals surface area contributed by atoms with E-state index in [0.29, 0.717) is 25.4 Å². The number of hydrogen-bond acceptors (Lipinski definition) is 5. The number of carbonyl (C=O) groups excluding carboxylic acids is 2. The fraction of sp³-hybridized carbons (Fsp3) is 0.474. The van der Waals surface area contributed by atoms with Gasteiger partial charge in [-0.15, -0.1) is 0 Å². The summed E-state index contributed by atoms with van der Waals surface area (Å²) in [5.74, 6) is -0.387. The Morgan fingerprint density at radius 3 is 2.32 bits per heavy atom. The number of ether oxygens (including phenoxy) is 3. The summed E-state index contributed by atoms with van der Waals surface area (Å²) in [7, 11) is 1.58. The van der Waals surface area contributed by atoms with E-state index in [1.807, 2.05) is 32.9 Å². The van der Waals surface area contributed by atoms with E-state index in [9.17, 15) is 9.59 Å². The quantitative estimate of drug-likeness (QED) is 0.555. The van der Waals surface area contributed by atoms with Gasteiger partial charge in [-0.3, -0.25) is 4.90 Å². The van der Waals surface area contributed by atoms with Crippen LogP contribution in [0.1, 0.15) is 33.3 Å². The van der Waals surface area contributed by atoms with E-state index in [1.54, 1.807) is 32.2 Å². The molecule has 0 atom stereocenters. The van der Waals surface area contributed by atoms with Crippen LogP contribution in [-0.4, -0.2) is 44.5 Å². The lowest BCUT2D eigenvalue weighted by atomic mass is 10.2. The minimum Gasteiger partial charge on any atom is -0.463 e. The van der Waals surface area contributed by atoms with Gasteiger partial charge in [0.25, 0.3) is 0 Å². The van der Waals surface area contributed by atoms with Crippen LogP contribution in [0.25, 0.3) is 6.08 Å². The lowest BCUT2D eigenvalue weighted by Gasteiger charge is -2.27. The van der Waals surface area contributed by atoms with Gasteiger partial charge in [0, 0.05) is 18.9 Å². The maximum absolute atomic E-state index is 12.4. The third-order valence-corrected chi connectivity index (χ3v) is 3.04. The van der Waals surface area contributed by atoms with Crippen LogP contribution in [0.2, 0.25) is 0 Å². The molecule has 0 saturated carbocycles. The van der Waals surface area contributed by atoms with Crippen LogP contribution in [0, 0.1) is 0 Å². The van der Waals surface area contributed by atoms with Crippen LogP contribution in [0.3, 0.4) is 0 Å². The molecule has 0 aliphatic carbocycles. The van der Waals surface area contributed by atoms with Crippen molar-refractivity contribution in [3.8, 4) is 0 Å². The van der Waals surface area contributed by atoms with E-state index >= 15 is 0 Å². The monoisotopic (exact) mass is 349 g/mol. The molecule has 0 radical (unpaired) electrons. The molecular formula is C19H27NO5. The molecule has 0 unspecified atom stereocenters. The van der Waals surface area contributed by atoms with E-state index in [2.05, 4.69) is 0 Å². The van der Waals surface area contributed by atoms with Crippen LogP contribution in [0.5, 0.6) is 0 Å². The molecule has 0 aromatic heterocycles. The average molecular weight is 349 g/mol. The minimum absolute atomic E-state index is 0.340. The van der Waals surface area contributed by atoms with E-state index in [0.717, 1.165) is 5.56 Å². The van der Waals surface area contributed by atoms with E-state index in [1.165, 1.54) is 11.0 Å². The number of hydrogen-bond donors (Lipinski definition) is 0. The standard InChI is InChI=1S/C19H27NO5/c1-6-24-17(21)12-9-15-7-10-16(11-8-15)20(13-14-23-5)18(22)25-19(2,3)4/h7-12H,6,13-14H2,1-5H3/b12-9+. The van der Waals surface area contributed by atoms with Crippen molar-refractivity contribution >= 4 is 23.8 Å². The fourth-order valence-electron chi connectivity index (χ4n) is 1.95. The number of anilines is 1. The number of benzene rings is 1. The van der Waals surface area contributed by atoms with Gasteiger partial charge in [-0.2, -0.15) is 0 Å². The van der Waals surface area contributed by atoms with Crippen molar-refractivity contribution in [2.75, 3.05) is 31.8 Å². The molecule has 0 saturated heterocycles. The van der Waals surface area contributed by atoms with Gasteiger partial charge in [0.1, 0.15) is 5.60 Å². The van der Waals surface area contributed by atoms with Gasteiger partial charge >= 0.3 is 12.1 Å². The van der Waals surface area contributed by atoms with Crippen molar-refractivity contribution in [2.24, 2.45) is 0 Å². The number of rotatable bonds is 7. The average Bonchev–Trinajstić information content (AvgIpc) is 2.53. The molecule has 1 amide bonds. The summed E-state index contributed by atoms with van der Waals surface area (Å²) in [6.45, 7) is 8.33. The number of methoxy groups -OCH3 is 1. The highest BCUT2D eigenvalue weighted by molar-refractivity contribution is 5.89. The smallest absolute Gasteiger partial charge is 0.414 e. The Morgan fingerprint density at radius 2 is 1.80 bits per heavy atom. The lowest BCUT2D eigenvalue weighted by Crippen LogP contribution is -2.38.